The molecule has 23 heavy (non-hydrogen) atoms. The van der Waals surface area contributed by atoms with Crippen LogP contribution in [0.3, 0.4) is 0 Å². The van der Waals surface area contributed by atoms with Gasteiger partial charge in [0.05, 0.1) is 28.7 Å². The van der Waals surface area contributed by atoms with E-state index in [1.54, 1.807) is 0 Å². The Morgan fingerprint density at radius 1 is 1.30 bits per heavy atom. The van der Waals surface area contributed by atoms with E-state index in [9.17, 15) is 14.9 Å². The van der Waals surface area contributed by atoms with Crippen molar-refractivity contribution in [3.63, 3.8) is 0 Å². The number of nitro groups is 1. The molecule has 0 atom stereocenters. The van der Waals surface area contributed by atoms with Gasteiger partial charge in [-0.05, 0) is 43.4 Å². The van der Waals surface area contributed by atoms with Crippen molar-refractivity contribution in [3.8, 4) is 5.75 Å². The Morgan fingerprint density at radius 3 is 2.78 bits per heavy atom. The van der Waals surface area contributed by atoms with E-state index in [-0.39, 0.29) is 17.3 Å². The van der Waals surface area contributed by atoms with Gasteiger partial charge in [0.25, 0.3) is 11.6 Å². The highest BCUT2D eigenvalue weighted by molar-refractivity contribution is 7.14. The van der Waals surface area contributed by atoms with E-state index >= 15 is 0 Å². The Hall–Kier alpha value is -2.41. The van der Waals surface area contributed by atoms with Crippen molar-refractivity contribution in [3.05, 3.63) is 49.7 Å². The number of amides is 1. The van der Waals surface area contributed by atoms with Gasteiger partial charge >= 0.3 is 0 Å². The van der Waals surface area contributed by atoms with Gasteiger partial charge in [0.2, 0.25) is 0 Å². The summed E-state index contributed by atoms with van der Waals surface area (Å²) in [6.07, 6.45) is 4.40. The SMILES string of the molecule is COc1cc([N+](=O)[O-])ccc1NC(=O)c1cc2c(s1)CCCC2. The van der Waals surface area contributed by atoms with Gasteiger partial charge in [-0.1, -0.05) is 0 Å². The van der Waals surface area contributed by atoms with Gasteiger partial charge in [-0.15, -0.1) is 11.3 Å². The molecule has 0 fully saturated rings. The van der Waals surface area contributed by atoms with Crippen LogP contribution in [0.4, 0.5) is 11.4 Å². The van der Waals surface area contributed by atoms with Crippen LogP contribution in [-0.2, 0) is 12.8 Å². The van der Waals surface area contributed by atoms with Crippen molar-refractivity contribution in [1.29, 1.82) is 0 Å². The highest BCUT2D eigenvalue weighted by Crippen LogP contribution is 2.32. The number of hydrogen-bond acceptors (Lipinski definition) is 5. The van der Waals surface area contributed by atoms with Crippen molar-refractivity contribution < 1.29 is 14.5 Å². The molecular formula is C16H16N2O4S. The largest absolute Gasteiger partial charge is 0.494 e. The van der Waals surface area contributed by atoms with Gasteiger partial charge in [-0.2, -0.15) is 0 Å². The molecule has 1 aliphatic rings. The van der Waals surface area contributed by atoms with E-state index < -0.39 is 4.92 Å². The third-order valence-electron chi connectivity index (χ3n) is 3.86. The lowest BCUT2D eigenvalue weighted by molar-refractivity contribution is -0.384. The summed E-state index contributed by atoms with van der Waals surface area (Å²) in [7, 11) is 1.42. The molecule has 1 heterocycles. The maximum Gasteiger partial charge on any atom is 0.273 e. The number of non-ortho nitro benzene ring substituents is 1. The second-order valence-electron chi connectivity index (χ2n) is 5.36. The molecule has 6 nitrogen and oxygen atoms in total. The second-order valence-corrected chi connectivity index (χ2v) is 6.50. The van der Waals surface area contributed by atoms with Crippen molar-refractivity contribution >= 4 is 28.6 Å². The van der Waals surface area contributed by atoms with Crippen LogP contribution in [0.2, 0.25) is 0 Å². The molecule has 0 saturated heterocycles. The lowest BCUT2D eigenvalue weighted by Crippen LogP contribution is -2.11. The maximum absolute atomic E-state index is 12.4. The van der Waals surface area contributed by atoms with Gasteiger partial charge in [-0.25, -0.2) is 0 Å². The van der Waals surface area contributed by atoms with Crippen LogP contribution in [0.15, 0.2) is 24.3 Å². The molecule has 1 amide bonds. The maximum atomic E-state index is 12.4. The number of nitrogens with one attached hydrogen (secondary N) is 1. The van der Waals surface area contributed by atoms with Crippen LogP contribution in [0, 0.1) is 10.1 Å². The average molecular weight is 332 g/mol. The molecule has 0 bridgehead atoms. The fourth-order valence-corrected chi connectivity index (χ4v) is 3.83. The molecule has 1 aromatic heterocycles. The number of methoxy groups -OCH3 is 1. The molecule has 0 spiro atoms. The van der Waals surface area contributed by atoms with Crippen LogP contribution in [0.1, 0.15) is 33.0 Å². The van der Waals surface area contributed by atoms with Gasteiger partial charge < -0.3 is 10.1 Å². The molecular weight excluding hydrogens is 316 g/mol. The molecule has 1 N–H and O–H groups in total. The number of nitrogens with zero attached hydrogens (tertiary/aromatic N) is 1. The van der Waals surface area contributed by atoms with Gasteiger partial charge in [0.1, 0.15) is 5.75 Å². The molecule has 120 valence electrons. The molecule has 3 rings (SSSR count). The first-order chi connectivity index (χ1) is 11.1. The number of carbonyl (C=O) groups excluding carboxylic acids is 1. The first-order valence-electron chi connectivity index (χ1n) is 7.34. The Balaban J connectivity index is 1.82. The zero-order chi connectivity index (χ0) is 16.4. The number of carbonyl (C=O) groups is 1. The predicted molar refractivity (Wildman–Crippen MR) is 88.6 cm³/mol. The van der Waals surface area contributed by atoms with Crippen molar-refractivity contribution in [2.75, 3.05) is 12.4 Å². The summed E-state index contributed by atoms with van der Waals surface area (Å²) < 4.78 is 5.14. The van der Waals surface area contributed by atoms with Gasteiger partial charge in [0, 0.05) is 10.9 Å². The number of benzene rings is 1. The van der Waals surface area contributed by atoms with Crippen LogP contribution in [0.5, 0.6) is 5.75 Å². The molecule has 1 aliphatic carbocycles. The minimum absolute atomic E-state index is 0.0774. The Kier molecular flexibility index (Phi) is 4.29. The van der Waals surface area contributed by atoms with Gasteiger partial charge in [0.15, 0.2) is 0 Å². The smallest absolute Gasteiger partial charge is 0.273 e. The summed E-state index contributed by atoms with van der Waals surface area (Å²) in [5.41, 5.74) is 1.61. The standard InChI is InChI=1S/C16H16N2O4S/c1-22-13-9-11(18(20)21)6-7-12(13)17-16(19)15-8-10-4-2-3-5-14(10)23-15/h6-9H,2-5H2,1H3,(H,17,19). The van der Waals surface area contributed by atoms with E-state index in [0.717, 1.165) is 12.8 Å². The topological polar surface area (TPSA) is 81.5 Å². The van der Waals surface area contributed by atoms with E-state index in [4.69, 9.17) is 4.74 Å². The minimum Gasteiger partial charge on any atom is -0.494 e. The number of ether oxygens (including phenoxy) is 1. The number of aryl methyl sites for hydroxylation is 2. The van der Waals surface area contributed by atoms with Crippen LogP contribution < -0.4 is 10.1 Å². The summed E-state index contributed by atoms with van der Waals surface area (Å²) >= 11 is 1.52. The van der Waals surface area contributed by atoms with Crippen molar-refractivity contribution in [2.24, 2.45) is 0 Å². The molecule has 0 aliphatic heterocycles. The van der Waals surface area contributed by atoms with E-state index in [1.165, 1.54) is 59.9 Å². The van der Waals surface area contributed by atoms with Crippen molar-refractivity contribution in [1.82, 2.24) is 0 Å². The van der Waals surface area contributed by atoms with E-state index in [1.807, 2.05) is 6.07 Å². The summed E-state index contributed by atoms with van der Waals surface area (Å²) in [5, 5.41) is 13.6. The number of thiophene rings is 1. The molecule has 1 aromatic carbocycles. The molecule has 2 aromatic rings. The number of rotatable bonds is 4. The van der Waals surface area contributed by atoms with Gasteiger partial charge in [-0.3, -0.25) is 14.9 Å². The summed E-state index contributed by atoms with van der Waals surface area (Å²) in [6, 6.07) is 6.08. The molecule has 0 radical (unpaired) electrons. The first-order valence-corrected chi connectivity index (χ1v) is 8.15. The highest BCUT2D eigenvalue weighted by atomic mass is 32.1. The lowest BCUT2D eigenvalue weighted by Gasteiger charge is -2.09. The molecule has 0 saturated carbocycles. The normalized spacial score (nSPS) is 13.3. The second kappa shape index (κ2) is 6.37. The van der Waals surface area contributed by atoms with Crippen LogP contribution in [-0.4, -0.2) is 17.9 Å². The fraction of sp³-hybridized carbons (Fsp3) is 0.312. The Labute approximate surface area is 137 Å². The first kappa shape index (κ1) is 15.5. The summed E-state index contributed by atoms with van der Waals surface area (Å²) in [4.78, 5) is 24.7. The third-order valence-corrected chi connectivity index (χ3v) is 5.10. The number of hydrogen-bond donors (Lipinski definition) is 1. The highest BCUT2D eigenvalue weighted by Gasteiger charge is 2.19. The Bertz CT molecular complexity index is 746. The zero-order valence-corrected chi connectivity index (χ0v) is 13.4. The number of anilines is 1. The average Bonchev–Trinajstić information content (AvgIpc) is 2.99. The molecule has 0 unspecified atom stereocenters. The monoisotopic (exact) mass is 332 g/mol. The Morgan fingerprint density at radius 2 is 2.09 bits per heavy atom. The minimum atomic E-state index is -0.499. The third kappa shape index (κ3) is 3.19. The van der Waals surface area contributed by atoms with E-state index in [2.05, 4.69) is 5.32 Å². The zero-order valence-electron chi connectivity index (χ0n) is 12.6. The molecule has 7 heteroatoms. The van der Waals surface area contributed by atoms with Crippen molar-refractivity contribution in [2.45, 2.75) is 25.7 Å². The summed E-state index contributed by atoms with van der Waals surface area (Å²) in [5.74, 6) is 0.0606. The number of nitro benzene ring substituents is 1. The predicted octanol–water partition coefficient (Wildman–Crippen LogP) is 3.80. The lowest BCUT2D eigenvalue weighted by atomic mass is 9.99. The van der Waals surface area contributed by atoms with Crippen LogP contribution >= 0.6 is 11.3 Å². The fourth-order valence-electron chi connectivity index (χ4n) is 2.68. The van der Waals surface area contributed by atoms with Crippen LogP contribution in [0.25, 0.3) is 0 Å². The quantitative estimate of drug-likeness (QED) is 0.682. The van der Waals surface area contributed by atoms with E-state index in [0.29, 0.717) is 10.6 Å². The number of fused-ring (bicyclic) bond motifs is 1. The summed E-state index contributed by atoms with van der Waals surface area (Å²) in [6.45, 7) is 0.